The van der Waals surface area contributed by atoms with E-state index in [1.165, 1.54) is 4.90 Å². The second kappa shape index (κ2) is 10.2. The minimum Gasteiger partial charge on any atom is -0.504 e. The summed E-state index contributed by atoms with van der Waals surface area (Å²) in [5.41, 5.74) is -0.715. The van der Waals surface area contributed by atoms with E-state index in [4.69, 9.17) is 0 Å². The molecule has 2 amide bonds. The number of ketones is 1. The lowest BCUT2D eigenvalue weighted by molar-refractivity contribution is -0.135. The summed E-state index contributed by atoms with van der Waals surface area (Å²) in [4.78, 5) is 39.7. The van der Waals surface area contributed by atoms with Crippen LogP contribution in [0.5, 0.6) is 5.75 Å². The lowest BCUT2D eigenvalue weighted by atomic mass is 9.88. The van der Waals surface area contributed by atoms with Gasteiger partial charge in [0, 0.05) is 25.1 Å². The minimum absolute atomic E-state index is 0.174. The van der Waals surface area contributed by atoms with Crippen LogP contribution in [0, 0.1) is 35.1 Å². The SMILES string of the molecule is CC(C)[C@H](NC(=O)c1ccc(F)c(F)c1O)C(=O)N1CCC(C(=O)c2ccc(F)cc2F)CC1. The lowest BCUT2D eigenvalue weighted by Crippen LogP contribution is -2.53. The number of hydrogen-bond donors (Lipinski definition) is 2. The molecule has 1 aliphatic rings. The first-order valence-electron chi connectivity index (χ1n) is 10.8. The first kappa shape index (κ1) is 25.2. The Labute approximate surface area is 193 Å². The topological polar surface area (TPSA) is 86.7 Å². The van der Waals surface area contributed by atoms with Gasteiger partial charge in [0.25, 0.3) is 5.91 Å². The number of phenolic OH excluding ortho intramolecular Hbond substituents is 1. The predicted molar refractivity (Wildman–Crippen MR) is 114 cm³/mol. The third-order valence-corrected chi connectivity index (χ3v) is 5.91. The Morgan fingerprint density at radius 1 is 0.971 bits per heavy atom. The van der Waals surface area contributed by atoms with Crippen molar-refractivity contribution in [3.05, 3.63) is 64.7 Å². The standard InChI is InChI=1S/C24H24F4N2O4/c1-12(2)20(29-23(33)16-5-6-17(26)19(28)22(16)32)24(34)30-9-7-13(8-10-30)21(31)15-4-3-14(25)11-18(15)27/h3-6,11-13,20,32H,7-10H2,1-2H3,(H,29,33)/t20-/m0/s1. The van der Waals surface area contributed by atoms with Gasteiger partial charge in [0.15, 0.2) is 17.3 Å². The van der Waals surface area contributed by atoms with E-state index in [1.54, 1.807) is 13.8 Å². The number of phenols is 1. The number of aromatic hydroxyl groups is 1. The zero-order valence-electron chi connectivity index (χ0n) is 18.6. The van der Waals surface area contributed by atoms with Crippen LogP contribution >= 0.6 is 0 Å². The van der Waals surface area contributed by atoms with Crippen LogP contribution in [-0.4, -0.2) is 46.7 Å². The molecule has 0 bridgehead atoms. The van der Waals surface area contributed by atoms with Crippen molar-refractivity contribution in [2.24, 2.45) is 11.8 Å². The Morgan fingerprint density at radius 3 is 2.18 bits per heavy atom. The van der Waals surface area contributed by atoms with Gasteiger partial charge in [-0.25, -0.2) is 13.2 Å². The molecule has 1 aliphatic heterocycles. The highest BCUT2D eigenvalue weighted by Crippen LogP contribution is 2.26. The summed E-state index contributed by atoms with van der Waals surface area (Å²) in [7, 11) is 0. The molecule has 0 spiro atoms. The zero-order chi connectivity index (χ0) is 25.2. The molecule has 34 heavy (non-hydrogen) atoms. The number of hydrogen-bond acceptors (Lipinski definition) is 4. The second-order valence-corrected chi connectivity index (χ2v) is 8.54. The molecule has 3 rings (SSSR count). The van der Waals surface area contributed by atoms with E-state index < -0.39 is 64.1 Å². The summed E-state index contributed by atoms with van der Waals surface area (Å²) < 4.78 is 53.9. The van der Waals surface area contributed by atoms with Crippen LogP contribution in [0.15, 0.2) is 30.3 Å². The van der Waals surface area contributed by atoms with Gasteiger partial charge >= 0.3 is 0 Å². The fourth-order valence-corrected chi connectivity index (χ4v) is 3.92. The van der Waals surface area contributed by atoms with Gasteiger partial charge in [-0.05, 0) is 43.0 Å². The Hall–Kier alpha value is -3.43. The number of rotatable bonds is 6. The summed E-state index contributed by atoms with van der Waals surface area (Å²) in [6.07, 6.45) is 0.508. The summed E-state index contributed by atoms with van der Waals surface area (Å²) in [5, 5.41) is 12.2. The quantitative estimate of drug-likeness (QED) is 0.486. The molecule has 0 saturated carbocycles. The smallest absolute Gasteiger partial charge is 0.255 e. The number of piperidine rings is 1. The molecule has 2 aromatic rings. The molecule has 10 heteroatoms. The van der Waals surface area contributed by atoms with E-state index in [1.807, 2.05) is 0 Å². The van der Waals surface area contributed by atoms with Crippen LogP contribution in [-0.2, 0) is 4.79 Å². The van der Waals surface area contributed by atoms with Crippen LogP contribution < -0.4 is 5.32 Å². The average Bonchev–Trinajstić information content (AvgIpc) is 2.80. The van der Waals surface area contributed by atoms with Gasteiger partial charge in [0.05, 0.1) is 11.1 Å². The Kier molecular flexibility index (Phi) is 7.58. The number of likely N-dealkylation sites (tertiary alicyclic amines) is 1. The molecular weight excluding hydrogens is 456 g/mol. The summed E-state index contributed by atoms with van der Waals surface area (Å²) in [6.45, 7) is 3.71. The summed E-state index contributed by atoms with van der Waals surface area (Å²) in [5.74, 6) is -8.53. The average molecular weight is 480 g/mol. The zero-order valence-corrected chi connectivity index (χ0v) is 18.6. The van der Waals surface area contributed by atoms with Crippen molar-refractivity contribution in [2.75, 3.05) is 13.1 Å². The monoisotopic (exact) mass is 480 g/mol. The Balaban J connectivity index is 1.66. The van der Waals surface area contributed by atoms with E-state index in [9.17, 15) is 37.1 Å². The van der Waals surface area contributed by atoms with Crippen molar-refractivity contribution < 1.29 is 37.1 Å². The van der Waals surface area contributed by atoms with Gasteiger partial charge < -0.3 is 15.3 Å². The summed E-state index contributed by atoms with van der Waals surface area (Å²) in [6, 6.07) is 3.34. The maximum atomic E-state index is 14.0. The number of carbonyl (C=O) groups is 3. The van der Waals surface area contributed by atoms with E-state index in [0.29, 0.717) is 12.1 Å². The maximum absolute atomic E-state index is 14.0. The van der Waals surface area contributed by atoms with Crippen LogP contribution in [0.3, 0.4) is 0 Å². The molecule has 0 aliphatic carbocycles. The highest BCUT2D eigenvalue weighted by molar-refractivity contribution is 6.00. The van der Waals surface area contributed by atoms with Crippen molar-refractivity contribution in [1.82, 2.24) is 10.2 Å². The molecule has 182 valence electrons. The maximum Gasteiger partial charge on any atom is 0.255 e. The third-order valence-electron chi connectivity index (χ3n) is 5.91. The molecule has 0 aromatic heterocycles. The van der Waals surface area contributed by atoms with Gasteiger partial charge in [-0.15, -0.1) is 0 Å². The first-order valence-corrected chi connectivity index (χ1v) is 10.8. The molecule has 0 radical (unpaired) electrons. The van der Waals surface area contributed by atoms with Crippen molar-refractivity contribution in [2.45, 2.75) is 32.7 Å². The van der Waals surface area contributed by atoms with Gasteiger partial charge in [0.2, 0.25) is 11.7 Å². The fraction of sp³-hybridized carbons (Fsp3) is 0.375. The summed E-state index contributed by atoms with van der Waals surface area (Å²) >= 11 is 0. The molecule has 2 aromatic carbocycles. The first-order chi connectivity index (χ1) is 16.0. The normalized spacial score (nSPS) is 15.3. The van der Waals surface area contributed by atoms with E-state index in [2.05, 4.69) is 5.32 Å². The van der Waals surface area contributed by atoms with Crippen molar-refractivity contribution in [1.29, 1.82) is 0 Å². The number of Topliss-reactive ketones (excluding diaryl/α,β-unsaturated/α-hetero) is 1. The number of halogens is 4. The van der Waals surface area contributed by atoms with Gasteiger partial charge in [-0.2, -0.15) is 4.39 Å². The molecule has 1 atom stereocenters. The molecule has 6 nitrogen and oxygen atoms in total. The van der Waals surface area contributed by atoms with Crippen molar-refractivity contribution >= 4 is 17.6 Å². The van der Waals surface area contributed by atoms with Crippen LogP contribution in [0.25, 0.3) is 0 Å². The predicted octanol–water partition coefficient (Wildman–Crippen LogP) is 3.82. The van der Waals surface area contributed by atoms with Crippen molar-refractivity contribution in [3.63, 3.8) is 0 Å². The van der Waals surface area contributed by atoms with Gasteiger partial charge in [-0.1, -0.05) is 13.8 Å². The van der Waals surface area contributed by atoms with E-state index in [0.717, 1.165) is 18.2 Å². The molecule has 2 N–H and O–H groups in total. The number of carbonyl (C=O) groups excluding carboxylic acids is 3. The Morgan fingerprint density at radius 2 is 1.59 bits per heavy atom. The van der Waals surface area contributed by atoms with E-state index >= 15 is 0 Å². The van der Waals surface area contributed by atoms with E-state index in [-0.39, 0.29) is 37.4 Å². The molecular formula is C24H24F4N2O4. The minimum atomic E-state index is -1.57. The van der Waals surface area contributed by atoms with Crippen LogP contribution in [0.2, 0.25) is 0 Å². The Bertz CT molecular complexity index is 1110. The molecule has 0 unspecified atom stereocenters. The van der Waals surface area contributed by atoms with Crippen molar-refractivity contribution in [3.8, 4) is 5.75 Å². The number of nitrogens with zero attached hydrogens (tertiary/aromatic N) is 1. The van der Waals surface area contributed by atoms with Crippen LogP contribution in [0.4, 0.5) is 17.6 Å². The number of nitrogens with one attached hydrogen (secondary N) is 1. The number of benzene rings is 2. The molecule has 1 saturated heterocycles. The molecule has 1 fully saturated rings. The third kappa shape index (κ3) is 5.21. The fourth-order valence-electron chi connectivity index (χ4n) is 3.92. The molecule has 1 heterocycles. The van der Waals surface area contributed by atoms with Crippen LogP contribution in [0.1, 0.15) is 47.4 Å². The van der Waals surface area contributed by atoms with Gasteiger partial charge in [-0.3, -0.25) is 14.4 Å². The van der Waals surface area contributed by atoms with Gasteiger partial charge in [0.1, 0.15) is 17.7 Å². The highest BCUT2D eigenvalue weighted by Gasteiger charge is 2.34. The number of amides is 2. The lowest BCUT2D eigenvalue weighted by Gasteiger charge is -2.35. The highest BCUT2D eigenvalue weighted by atomic mass is 19.2. The second-order valence-electron chi connectivity index (χ2n) is 8.54. The largest absolute Gasteiger partial charge is 0.504 e.